The van der Waals surface area contributed by atoms with Gasteiger partial charge in [0.15, 0.2) is 0 Å². The molecule has 1 aromatic carbocycles. The van der Waals surface area contributed by atoms with Crippen molar-refractivity contribution in [3.05, 3.63) is 66.2 Å². The van der Waals surface area contributed by atoms with Crippen LogP contribution in [0.15, 0.2) is 54.9 Å². The number of hydrogen-bond acceptors (Lipinski definition) is 5. The molecule has 2 heterocycles. The Hall–Kier alpha value is -3.02. The van der Waals surface area contributed by atoms with E-state index in [1.54, 1.807) is 24.5 Å². The molecular formula is C21H22FN5. The second kappa shape index (κ2) is 8.12. The summed E-state index contributed by atoms with van der Waals surface area (Å²) in [6.45, 7) is 0.562. The van der Waals surface area contributed by atoms with E-state index in [4.69, 9.17) is 0 Å². The summed E-state index contributed by atoms with van der Waals surface area (Å²) in [4.78, 5) is 13.5. The summed E-state index contributed by atoms with van der Waals surface area (Å²) in [6.07, 6.45) is 8.34. The normalized spacial score (nSPS) is 14.3. The highest BCUT2D eigenvalue weighted by Gasteiger charge is 2.16. The SMILES string of the molecule is Fc1ccc(CNc2cc(-c3cccnc3)nc(NC3CCCC3)n2)cc1. The Labute approximate surface area is 158 Å². The van der Waals surface area contributed by atoms with Gasteiger partial charge in [0, 0.05) is 36.6 Å². The van der Waals surface area contributed by atoms with Gasteiger partial charge in [0.2, 0.25) is 5.95 Å². The number of anilines is 2. The number of nitrogens with one attached hydrogen (secondary N) is 2. The van der Waals surface area contributed by atoms with E-state index in [1.165, 1.54) is 25.0 Å². The highest BCUT2D eigenvalue weighted by atomic mass is 19.1. The summed E-state index contributed by atoms with van der Waals surface area (Å²) >= 11 is 0. The Morgan fingerprint density at radius 2 is 1.85 bits per heavy atom. The zero-order chi connectivity index (χ0) is 18.5. The van der Waals surface area contributed by atoms with Crippen LogP contribution in [0.4, 0.5) is 16.2 Å². The van der Waals surface area contributed by atoms with Gasteiger partial charge < -0.3 is 10.6 Å². The quantitative estimate of drug-likeness (QED) is 0.668. The Bertz CT molecular complexity index is 877. The van der Waals surface area contributed by atoms with Crippen LogP contribution in [-0.4, -0.2) is 21.0 Å². The first-order valence-electron chi connectivity index (χ1n) is 9.30. The van der Waals surface area contributed by atoms with Gasteiger partial charge in [0.25, 0.3) is 0 Å². The molecule has 0 atom stereocenters. The molecule has 1 saturated carbocycles. The number of aromatic nitrogens is 3. The molecule has 2 aromatic heterocycles. The van der Waals surface area contributed by atoms with Crippen LogP contribution in [-0.2, 0) is 6.54 Å². The highest BCUT2D eigenvalue weighted by Crippen LogP contribution is 2.24. The average Bonchev–Trinajstić information content (AvgIpc) is 3.21. The maximum Gasteiger partial charge on any atom is 0.225 e. The van der Waals surface area contributed by atoms with E-state index < -0.39 is 0 Å². The molecule has 27 heavy (non-hydrogen) atoms. The fourth-order valence-corrected chi connectivity index (χ4v) is 3.31. The molecule has 6 heteroatoms. The summed E-state index contributed by atoms with van der Waals surface area (Å²) in [6, 6.07) is 12.7. The van der Waals surface area contributed by atoms with E-state index in [9.17, 15) is 4.39 Å². The van der Waals surface area contributed by atoms with Crippen LogP contribution in [0.5, 0.6) is 0 Å². The lowest BCUT2D eigenvalue weighted by atomic mass is 10.2. The van der Waals surface area contributed by atoms with Crippen LogP contribution in [0.25, 0.3) is 11.3 Å². The highest BCUT2D eigenvalue weighted by molar-refractivity contribution is 5.63. The van der Waals surface area contributed by atoms with E-state index >= 15 is 0 Å². The van der Waals surface area contributed by atoms with Crippen molar-refractivity contribution in [3.8, 4) is 11.3 Å². The standard InChI is InChI=1S/C21H22FN5/c22-17-9-7-15(8-10-17)13-24-20-12-19(16-4-3-11-23-14-16)26-21(27-20)25-18-5-1-2-6-18/h3-4,7-12,14,18H,1-2,5-6,13H2,(H2,24,25,26,27). The monoisotopic (exact) mass is 363 g/mol. The first-order valence-corrected chi connectivity index (χ1v) is 9.30. The lowest BCUT2D eigenvalue weighted by Gasteiger charge is -2.15. The van der Waals surface area contributed by atoms with Crippen molar-refractivity contribution in [2.75, 3.05) is 10.6 Å². The maximum absolute atomic E-state index is 13.1. The van der Waals surface area contributed by atoms with Crippen LogP contribution in [0, 0.1) is 5.82 Å². The van der Waals surface area contributed by atoms with Gasteiger partial charge in [-0.15, -0.1) is 0 Å². The third-order valence-electron chi connectivity index (χ3n) is 4.76. The predicted octanol–water partition coefficient (Wildman–Crippen LogP) is 4.64. The number of rotatable bonds is 6. The van der Waals surface area contributed by atoms with Gasteiger partial charge in [-0.05, 0) is 42.7 Å². The van der Waals surface area contributed by atoms with Crippen molar-refractivity contribution in [1.29, 1.82) is 0 Å². The van der Waals surface area contributed by atoms with Crippen LogP contribution >= 0.6 is 0 Å². The minimum absolute atomic E-state index is 0.234. The average molecular weight is 363 g/mol. The molecule has 0 amide bonds. The first kappa shape index (κ1) is 17.4. The number of nitrogens with zero attached hydrogens (tertiary/aromatic N) is 3. The Morgan fingerprint density at radius 3 is 2.59 bits per heavy atom. The second-order valence-electron chi connectivity index (χ2n) is 6.81. The molecule has 1 fully saturated rings. The molecular weight excluding hydrogens is 341 g/mol. The summed E-state index contributed by atoms with van der Waals surface area (Å²) in [5, 5.41) is 6.79. The molecule has 0 bridgehead atoms. The van der Waals surface area contributed by atoms with E-state index in [0.717, 1.165) is 35.5 Å². The van der Waals surface area contributed by atoms with Crippen molar-refractivity contribution < 1.29 is 4.39 Å². The minimum atomic E-state index is -0.234. The number of pyridine rings is 1. The molecule has 1 aliphatic rings. The molecule has 0 radical (unpaired) electrons. The molecule has 2 N–H and O–H groups in total. The molecule has 1 aliphatic carbocycles. The molecule has 0 unspecified atom stereocenters. The van der Waals surface area contributed by atoms with E-state index in [2.05, 4.69) is 25.6 Å². The van der Waals surface area contributed by atoms with Crippen molar-refractivity contribution in [3.63, 3.8) is 0 Å². The summed E-state index contributed by atoms with van der Waals surface area (Å²) in [7, 11) is 0. The largest absolute Gasteiger partial charge is 0.366 e. The zero-order valence-electron chi connectivity index (χ0n) is 15.0. The second-order valence-corrected chi connectivity index (χ2v) is 6.81. The van der Waals surface area contributed by atoms with Gasteiger partial charge in [-0.1, -0.05) is 25.0 Å². The zero-order valence-corrected chi connectivity index (χ0v) is 15.0. The molecule has 3 aromatic rings. The van der Waals surface area contributed by atoms with Crippen molar-refractivity contribution in [1.82, 2.24) is 15.0 Å². The van der Waals surface area contributed by atoms with Crippen LogP contribution < -0.4 is 10.6 Å². The van der Waals surface area contributed by atoms with Crippen LogP contribution in [0.2, 0.25) is 0 Å². The lowest BCUT2D eigenvalue weighted by Crippen LogP contribution is -2.17. The van der Waals surface area contributed by atoms with Gasteiger partial charge in [-0.25, -0.2) is 9.37 Å². The van der Waals surface area contributed by atoms with Gasteiger partial charge in [0.05, 0.1) is 5.69 Å². The minimum Gasteiger partial charge on any atom is -0.366 e. The Kier molecular flexibility index (Phi) is 5.23. The smallest absolute Gasteiger partial charge is 0.225 e. The summed E-state index contributed by atoms with van der Waals surface area (Å²) in [5.41, 5.74) is 2.75. The molecule has 138 valence electrons. The van der Waals surface area contributed by atoms with Gasteiger partial charge in [-0.3, -0.25) is 4.98 Å². The topological polar surface area (TPSA) is 62.7 Å². The van der Waals surface area contributed by atoms with E-state index in [-0.39, 0.29) is 5.82 Å². The van der Waals surface area contributed by atoms with Crippen molar-refractivity contribution in [2.45, 2.75) is 38.3 Å². The van der Waals surface area contributed by atoms with E-state index in [0.29, 0.717) is 18.5 Å². The van der Waals surface area contributed by atoms with E-state index in [1.807, 2.05) is 18.2 Å². The van der Waals surface area contributed by atoms with Crippen LogP contribution in [0.1, 0.15) is 31.2 Å². The van der Waals surface area contributed by atoms with Gasteiger partial charge >= 0.3 is 0 Å². The molecule has 4 rings (SSSR count). The van der Waals surface area contributed by atoms with Crippen molar-refractivity contribution >= 4 is 11.8 Å². The molecule has 0 spiro atoms. The third kappa shape index (κ3) is 4.58. The summed E-state index contributed by atoms with van der Waals surface area (Å²) < 4.78 is 13.1. The number of benzene rings is 1. The molecule has 0 saturated heterocycles. The van der Waals surface area contributed by atoms with Gasteiger partial charge in [0.1, 0.15) is 11.6 Å². The Balaban J connectivity index is 1.57. The lowest BCUT2D eigenvalue weighted by molar-refractivity contribution is 0.627. The fourth-order valence-electron chi connectivity index (χ4n) is 3.31. The first-order chi connectivity index (χ1) is 13.3. The number of halogens is 1. The summed E-state index contributed by atoms with van der Waals surface area (Å²) in [5.74, 6) is 1.13. The van der Waals surface area contributed by atoms with Crippen LogP contribution in [0.3, 0.4) is 0 Å². The molecule has 0 aliphatic heterocycles. The Morgan fingerprint density at radius 1 is 1.04 bits per heavy atom. The predicted molar refractivity (Wildman–Crippen MR) is 105 cm³/mol. The van der Waals surface area contributed by atoms with Gasteiger partial charge in [-0.2, -0.15) is 4.98 Å². The fraction of sp³-hybridized carbons (Fsp3) is 0.286. The van der Waals surface area contributed by atoms with Crippen molar-refractivity contribution in [2.24, 2.45) is 0 Å². The molecule has 5 nitrogen and oxygen atoms in total. The number of hydrogen-bond donors (Lipinski definition) is 2. The maximum atomic E-state index is 13.1. The third-order valence-corrected chi connectivity index (χ3v) is 4.76.